The maximum atomic E-state index is 14.0. The molecular formula is C33H57N7O6. The van der Waals surface area contributed by atoms with Crippen LogP contribution in [0.1, 0.15) is 106 Å². The Bertz CT molecular complexity index is 1130. The molecule has 1 saturated carbocycles. The fourth-order valence-corrected chi connectivity index (χ4v) is 6.33. The zero-order valence-electron chi connectivity index (χ0n) is 28.7. The van der Waals surface area contributed by atoms with Gasteiger partial charge in [-0.1, -0.05) is 80.1 Å². The van der Waals surface area contributed by atoms with Gasteiger partial charge >= 0.3 is 12.1 Å². The predicted octanol–water partition coefficient (Wildman–Crippen LogP) is 2.42. The van der Waals surface area contributed by atoms with Crippen LogP contribution in [0.3, 0.4) is 0 Å². The lowest BCUT2D eigenvalue weighted by Crippen LogP contribution is -2.62. The van der Waals surface area contributed by atoms with E-state index in [4.69, 9.17) is 5.73 Å². The number of rotatable bonds is 14. The van der Waals surface area contributed by atoms with Crippen LogP contribution in [0.25, 0.3) is 0 Å². The second kappa shape index (κ2) is 15.9. The zero-order valence-corrected chi connectivity index (χ0v) is 28.7. The summed E-state index contributed by atoms with van der Waals surface area (Å²) in [5, 5.41) is 11.4. The molecule has 6 N–H and O–H groups in total. The largest absolute Gasteiger partial charge is 0.363 e. The van der Waals surface area contributed by atoms with Gasteiger partial charge in [0.2, 0.25) is 17.6 Å². The summed E-state index contributed by atoms with van der Waals surface area (Å²) < 4.78 is 0. The molecule has 46 heavy (non-hydrogen) atoms. The third kappa shape index (κ3) is 10.3. The Labute approximate surface area is 273 Å². The number of hydrogen-bond acceptors (Lipinski definition) is 6. The van der Waals surface area contributed by atoms with E-state index in [9.17, 15) is 28.8 Å². The van der Waals surface area contributed by atoms with E-state index >= 15 is 0 Å². The quantitative estimate of drug-likeness (QED) is 0.142. The summed E-state index contributed by atoms with van der Waals surface area (Å²) in [5.41, 5.74) is 4.22. The van der Waals surface area contributed by atoms with Gasteiger partial charge in [-0.05, 0) is 42.4 Å². The minimum Gasteiger partial charge on any atom is -0.363 e. The number of nitrogens with two attached hydrogens (primary N) is 1. The SMILES string of the molecule is CC(C)(C)[C@H](NC(=O)N[C@H](CN1CCCNC1=O)C(C)(C)C)C(=O)N1CCC[C@H]1C(=O)NC(CCCCC1CCC1)C(=O)C(N)=O. The number of nitrogens with zero attached hydrogens (tertiary/aromatic N) is 2. The van der Waals surface area contributed by atoms with E-state index < -0.39 is 59.1 Å². The maximum Gasteiger partial charge on any atom is 0.317 e. The van der Waals surface area contributed by atoms with Crippen LogP contribution in [-0.4, -0.2) is 95.7 Å². The topological polar surface area (TPSA) is 183 Å². The molecule has 2 saturated heterocycles. The van der Waals surface area contributed by atoms with Gasteiger partial charge in [-0.15, -0.1) is 0 Å². The van der Waals surface area contributed by atoms with Crippen LogP contribution >= 0.6 is 0 Å². The van der Waals surface area contributed by atoms with Crippen molar-refractivity contribution in [2.45, 2.75) is 130 Å². The number of carbonyl (C=O) groups excluding carboxylic acids is 6. The molecule has 1 aliphatic carbocycles. The van der Waals surface area contributed by atoms with Gasteiger partial charge in [0.05, 0.1) is 12.1 Å². The lowest BCUT2D eigenvalue weighted by atomic mass is 9.81. The molecule has 2 heterocycles. The molecule has 0 bridgehead atoms. The Morgan fingerprint density at radius 2 is 1.59 bits per heavy atom. The molecule has 260 valence electrons. The number of ketones is 1. The molecule has 7 amide bonds. The van der Waals surface area contributed by atoms with E-state index in [1.54, 1.807) is 4.90 Å². The van der Waals surface area contributed by atoms with Crippen molar-refractivity contribution < 1.29 is 28.8 Å². The summed E-state index contributed by atoms with van der Waals surface area (Å²) in [6.07, 6.45) is 8.45. The van der Waals surface area contributed by atoms with Crippen molar-refractivity contribution in [3.63, 3.8) is 0 Å². The van der Waals surface area contributed by atoms with Crippen molar-refractivity contribution in [3.05, 3.63) is 0 Å². The molecule has 0 aromatic rings. The average molecular weight is 648 g/mol. The molecule has 0 aromatic carbocycles. The first-order chi connectivity index (χ1) is 21.5. The van der Waals surface area contributed by atoms with E-state index in [0.29, 0.717) is 51.9 Å². The van der Waals surface area contributed by atoms with Crippen molar-refractivity contribution >= 4 is 35.6 Å². The summed E-state index contributed by atoms with van der Waals surface area (Å²) in [4.78, 5) is 80.9. The minimum absolute atomic E-state index is 0.169. The Kier molecular flexibility index (Phi) is 12.9. The summed E-state index contributed by atoms with van der Waals surface area (Å²) in [7, 11) is 0. The van der Waals surface area contributed by atoms with Gasteiger partial charge in [0.1, 0.15) is 12.1 Å². The van der Waals surface area contributed by atoms with Crippen molar-refractivity contribution in [3.8, 4) is 0 Å². The smallest absolute Gasteiger partial charge is 0.317 e. The first-order valence-electron chi connectivity index (χ1n) is 17.0. The third-order valence-electron chi connectivity index (χ3n) is 9.60. The summed E-state index contributed by atoms with van der Waals surface area (Å²) in [5.74, 6) is -2.12. The van der Waals surface area contributed by atoms with Crippen LogP contribution in [0.2, 0.25) is 0 Å². The molecule has 3 rings (SSSR count). The van der Waals surface area contributed by atoms with Gasteiger partial charge < -0.3 is 36.8 Å². The highest BCUT2D eigenvalue weighted by Crippen LogP contribution is 2.31. The normalized spacial score (nSPS) is 21.0. The van der Waals surface area contributed by atoms with Crippen LogP contribution in [0.5, 0.6) is 0 Å². The molecule has 2 aliphatic heterocycles. The standard InChI is InChI=1S/C33H57N7O6/c1-32(2,3)24(20-39-18-11-17-35-31(39)46)37-30(45)38-26(33(4,5)6)29(44)40-19-10-16-23(40)28(43)36-22(25(41)27(34)42)15-8-7-12-21-13-9-14-21/h21-24,26H,7-20H2,1-6H3,(H2,34,42)(H,35,46)(H,36,43)(H2,37,38,45)/t22?,23-,24+,26+/m0/s1. The highest BCUT2D eigenvalue weighted by molar-refractivity contribution is 6.37. The van der Waals surface area contributed by atoms with Crippen LogP contribution in [-0.2, 0) is 19.2 Å². The molecule has 4 atom stereocenters. The number of primary amides is 1. The van der Waals surface area contributed by atoms with E-state index in [1.807, 2.05) is 41.5 Å². The zero-order chi connectivity index (χ0) is 34.2. The van der Waals surface area contributed by atoms with Crippen molar-refractivity contribution in [1.29, 1.82) is 0 Å². The lowest BCUT2D eigenvalue weighted by molar-refractivity contribution is -0.143. The van der Waals surface area contributed by atoms with Crippen LogP contribution in [0.4, 0.5) is 9.59 Å². The van der Waals surface area contributed by atoms with E-state index in [1.165, 1.54) is 24.2 Å². The molecule has 1 unspecified atom stereocenters. The number of likely N-dealkylation sites (tertiary alicyclic amines) is 1. The van der Waals surface area contributed by atoms with E-state index in [-0.39, 0.29) is 11.4 Å². The van der Waals surface area contributed by atoms with Gasteiger partial charge in [-0.25, -0.2) is 9.59 Å². The highest BCUT2D eigenvalue weighted by Gasteiger charge is 2.43. The van der Waals surface area contributed by atoms with Crippen molar-refractivity contribution in [1.82, 2.24) is 31.1 Å². The number of unbranched alkanes of at least 4 members (excludes halogenated alkanes) is 1. The monoisotopic (exact) mass is 647 g/mol. The number of amides is 7. The fraction of sp³-hybridized carbons (Fsp3) is 0.818. The predicted molar refractivity (Wildman–Crippen MR) is 174 cm³/mol. The summed E-state index contributed by atoms with van der Waals surface area (Å²) in [6.45, 7) is 13.3. The van der Waals surface area contributed by atoms with Gasteiger partial charge in [0.15, 0.2) is 0 Å². The second-order valence-corrected chi connectivity index (χ2v) is 15.4. The number of carbonyl (C=O) groups is 6. The molecule has 3 fully saturated rings. The second-order valence-electron chi connectivity index (χ2n) is 15.4. The van der Waals surface area contributed by atoms with Gasteiger partial charge in [-0.2, -0.15) is 0 Å². The Morgan fingerprint density at radius 3 is 2.15 bits per heavy atom. The van der Waals surface area contributed by atoms with Gasteiger partial charge in [0.25, 0.3) is 5.91 Å². The minimum atomic E-state index is -1.10. The maximum absolute atomic E-state index is 14.0. The fourth-order valence-electron chi connectivity index (χ4n) is 6.33. The van der Waals surface area contributed by atoms with Crippen LogP contribution < -0.4 is 27.0 Å². The molecule has 0 spiro atoms. The van der Waals surface area contributed by atoms with Crippen LogP contribution in [0.15, 0.2) is 0 Å². The Balaban J connectivity index is 1.67. The first kappa shape index (κ1) is 37.1. The summed E-state index contributed by atoms with van der Waals surface area (Å²) >= 11 is 0. The first-order valence-corrected chi connectivity index (χ1v) is 17.0. The number of urea groups is 2. The number of hydrogen-bond donors (Lipinski definition) is 5. The molecule has 0 radical (unpaired) electrons. The Hall–Kier alpha value is -3.38. The van der Waals surface area contributed by atoms with Gasteiger partial charge in [-0.3, -0.25) is 19.2 Å². The average Bonchev–Trinajstić information content (AvgIpc) is 3.43. The third-order valence-corrected chi connectivity index (χ3v) is 9.60. The molecule has 3 aliphatic rings. The molecule has 13 heteroatoms. The summed E-state index contributed by atoms with van der Waals surface area (Å²) in [6, 6.07) is -3.96. The lowest BCUT2D eigenvalue weighted by Gasteiger charge is -2.39. The van der Waals surface area contributed by atoms with E-state index in [2.05, 4.69) is 21.3 Å². The number of nitrogens with one attached hydrogen (secondary N) is 4. The van der Waals surface area contributed by atoms with Crippen LogP contribution in [0, 0.1) is 16.7 Å². The Morgan fingerprint density at radius 1 is 0.891 bits per heavy atom. The van der Waals surface area contributed by atoms with Crippen molar-refractivity contribution in [2.75, 3.05) is 26.2 Å². The molecule has 13 nitrogen and oxygen atoms in total. The number of Topliss-reactive ketones (excluding diaryl/α,β-unsaturated/α-hetero) is 1. The molecular weight excluding hydrogens is 590 g/mol. The van der Waals surface area contributed by atoms with Gasteiger partial charge in [0, 0.05) is 26.2 Å². The van der Waals surface area contributed by atoms with E-state index in [0.717, 1.165) is 25.2 Å². The highest BCUT2D eigenvalue weighted by atomic mass is 16.2. The molecule has 0 aromatic heterocycles. The van der Waals surface area contributed by atoms with Crippen molar-refractivity contribution in [2.24, 2.45) is 22.5 Å².